The lowest BCUT2D eigenvalue weighted by Crippen LogP contribution is -2.20. The van der Waals surface area contributed by atoms with Crippen molar-refractivity contribution in [2.24, 2.45) is 0 Å². The zero-order valence-electron chi connectivity index (χ0n) is 13.0. The van der Waals surface area contributed by atoms with E-state index in [1.54, 1.807) is 14.2 Å². The highest BCUT2D eigenvalue weighted by molar-refractivity contribution is 5.94. The van der Waals surface area contributed by atoms with Crippen molar-refractivity contribution in [2.75, 3.05) is 39.9 Å². The summed E-state index contributed by atoms with van der Waals surface area (Å²) in [5, 5.41) is 11.3. The highest BCUT2D eigenvalue weighted by Gasteiger charge is 2.18. The zero-order valence-corrected chi connectivity index (χ0v) is 13.0. The fourth-order valence-electron chi connectivity index (χ4n) is 2.40. The van der Waals surface area contributed by atoms with Crippen molar-refractivity contribution in [3.05, 3.63) is 18.5 Å². The first-order valence-corrected chi connectivity index (χ1v) is 6.98. The molecule has 1 atom stereocenters. The van der Waals surface area contributed by atoms with E-state index in [4.69, 9.17) is 19.3 Å². The van der Waals surface area contributed by atoms with Crippen LogP contribution < -0.4 is 14.8 Å². The Hall–Kier alpha value is -2.12. The lowest BCUT2D eigenvalue weighted by molar-refractivity contribution is 0.195. The number of aliphatic hydroxyl groups is 1. The molecule has 0 amide bonds. The Kier molecular flexibility index (Phi) is 5.74. The zero-order chi connectivity index (χ0) is 15.9. The van der Waals surface area contributed by atoms with E-state index in [2.05, 4.69) is 15.3 Å². The van der Waals surface area contributed by atoms with Crippen molar-refractivity contribution in [1.29, 1.82) is 0 Å². The number of hydrogen-bond donors (Lipinski definition) is 2. The topological polar surface area (TPSA) is 85.7 Å². The molecule has 7 nitrogen and oxygen atoms in total. The van der Waals surface area contributed by atoms with Crippen LogP contribution in [0.5, 0.6) is 11.5 Å². The van der Waals surface area contributed by atoms with Crippen molar-refractivity contribution < 1.29 is 19.3 Å². The lowest BCUT2D eigenvalue weighted by Gasteiger charge is -2.15. The highest BCUT2D eigenvalue weighted by atomic mass is 16.5. The van der Waals surface area contributed by atoms with E-state index in [9.17, 15) is 0 Å². The van der Waals surface area contributed by atoms with Gasteiger partial charge in [-0.05, 0) is 18.6 Å². The average molecular weight is 307 g/mol. The second-order valence-corrected chi connectivity index (χ2v) is 4.62. The van der Waals surface area contributed by atoms with E-state index in [1.807, 2.05) is 12.1 Å². The van der Waals surface area contributed by atoms with Gasteiger partial charge in [-0.2, -0.15) is 0 Å². The molecular formula is C15H21N3O4. The van der Waals surface area contributed by atoms with E-state index in [-0.39, 0.29) is 0 Å². The molecule has 0 saturated carbocycles. The van der Waals surface area contributed by atoms with Gasteiger partial charge in [0.05, 0.1) is 26.9 Å². The van der Waals surface area contributed by atoms with E-state index >= 15 is 0 Å². The Morgan fingerprint density at radius 2 is 2.05 bits per heavy atom. The van der Waals surface area contributed by atoms with Crippen LogP contribution in [-0.4, -0.2) is 55.7 Å². The average Bonchev–Trinajstić information content (AvgIpc) is 3.09. The molecule has 1 aromatic heterocycles. The van der Waals surface area contributed by atoms with Gasteiger partial charge in [-0.1, -0.05) is 0 Å². The SMILES string of the molecule is CO.COc1ccc2c(NC3CCOC3)ncnc2c1OC. The van der Waals surface area contributed by atoms with Gasteiger partial charge >= 0.3 is 0 Å². The lowest BCUT2D eigenvalue weighted by atomic mass is 10.2. The number of nitrogens with one attached hydrogen (secondary N) is 1. The van der Waals surface area contributed by atoms with Crippen molar-refractivity contribution >= 4 is 16.7 Å². The minimum Gasteiger partial charge on any atom is -0.493 e. The first-order valence-electron chi connectivity index (χ1n) is 6.98. The van der Waals surface area contributed by atoms with Gasteiger partial charge in [-0.15, -0.1) is 0 Å². The number of hydrogen-bond acceptors (Lipinski definition) is 7. The molecule has 3 rings (SSSR count). The molecule has 0 spiro atoms. The molecule has 1 unspecified atom stereocenters. The maximum absolute atomic E-state index is 7.00. The van der Waals surface area contributed by atoms with Gasteiger partial charge in [0.1, 0.15) is 17.7 Å². The minimum atomic E-state index is 0.293. The van der Waals surface area contributed by atoms with Gasteiger partial charge in [-0.3, -0.25) is 0 Å². The van der Waals surface area contributed by atoms with E-state index < -0.39 is 0 Å². The number of ether oxygens (including phenoxy) is 3. The number of aromatic nitrogens is 2. The summed E-state index contributed by atoms with van der Waals surface area (Å²) in [5.74, 6) is 2.08. The normalized spacial score (nSPS) is 16.8. The van der Waals surface area contributed by atoms with Crippen molar-refractivity contribution in [3.63, 3.8) is 0 Å². The van der Waals surface area contributed by atoms with Gasteiger partial charge in [0.25, 0.3) is 0 Å². The van der Waals surface area contributed by atoms with Crippen LogP contribution in [-0.2, 0) is 4.74 Å². The maximum atomic E-state index is 7.00. The molecule has 0 radical (unpaired) electrons. The third-order valence-corrected chi connectivity index (χ3v) is 3.42. The highest BCUT2D eigenvalue weighted by Crippen LogP contribution is 2.36. The van der Waals surface area contributed by atoms with Crippen molar-refractivity contribution in [1.82, 2.24) is 9.97 Å². The molecular weight excluding hydrogens is 286 g/mol. The number of nitrogens with zero attached hydrogens (tertiary/aromatic N) is 2. The Morgan fingerprint density at radius 3 is 2.68 bits per heavy atom. The van der Waals surface area contributed by atoms with E-state index in [1.165, 1.54) is 6.33 Å². The van der Waals surface area contributed by atoms with Gasteiger partial charge in [0, 0.05) is 19.1 Å². The molecule has 0 bridgehead atoms. The molecule has 1 saturated heterocycles. The third kappa shape index (κ3) is 3.20. The summed E-state index contributed by atoms with van der Waals surface area (Å²) in [7, 11) is 4.22. The Morgan fingerprint density at radius 1 is 1.23 bits per heavy atom. The third-order valence-electron chi connectivity index (χ3n) is 3.42. The number of fused-ring (bicyclic) bond motifs is 1. The molecule has 1 fully saturated rings. The van der Waals surface area contributed by atoms with Crippen LogP contribution in [0.15, 0.2) is 18.5 Å². The van der Waals surface area contributed by atoms with Crippen LogP contribution in [0.1, 0.15) is 6.42 Å². The quantitative estimate of drug-likeness (QED) is 0.884. The summed E-state index contributed by atoms with van der Waals surface area (Å²) < 4.78 is 16.1. The predicted molar refractivity (Wildman–Crippen MR) is 83.6 cm³/mol. The summed E-state index contributed by atoms with van der Waals surface area (Å²) in [4.78, 5) is 8.64. The fraction of sp³-hybridized carbons (Fsp3) is 0.467. The molecule has 1 aliphatic heterocycles. The standard InChI is InChI=1S/C14H17N3O3.CH4O/c1-18-11-4-3-10-12(13(11)19-2)15-8-16-14(10)17-9-5-6-20-7-9;1-2/h3-4,8-9H,5-7H2,1-2H3,(H,15,16,17);2H,1H3. The summed E-state index contributed by atoms with van der Waals surface area (Å²) in [6, 6.07) is 4.09. The predicted octanol–water partition coefficient (Wildman–Crippen LogP) is 1.46. The van der Waals surface area contributed by atoms with Crippen LogP contribution >= 0.6 is 0 Å². The number of benzene rings is 1. The van der Waals surface area contributed by atoms with Crippen molar-refractivity contribution in [2.45, 2.75) is 12.5 Å². The monoisotopic (exact) mass is 307 g/mol. The van der Waals surface area contributed by atoms with Crippen LogP contribution in [0.4, 0.5) is 5.82 Å². The molecule has 0 aliphatic carbocycles. The molecule has 1 aromatic carbocycles. The molecule has 22 heavy (non-hydrogen) atoms. The van der Waals surface area contributed by atoms with E-state index in [0.29, 0.717) is 24.1 Å². The van der Waals surface area contributed by atoms with Crippen LogP contribution in [0, 0.1) is 0 Å². The van der Waals surface area contributed by atoms with Gasteiger partial charge < -0.3 is 24.6 Å². The van der Waals surface area contributed by atoms with Crippen LogP contribution in [0.25, 0.3) is 10.9 Å². The smallest absolute Gasteiger partial charge is 0.187 e. The largest absolute Gasteiger partial charge is 0.493 e. The maximum Gasteiger partial charge on any atom is 0.187 e. The summed E-state index contributed by atoms with van der Waals surface area (Å²) in [6.45, 7) is 1.50. The minimum absolute atomic E-state index is 0.293. The summed E-state index contributed by atoms with van der Waals surface area (Å²) in [5.41, 5.74) is 0.739. The fourth-order valence-corrected chi connectivity index (χ4v) is 2.40. The molecule has 1 aliphatic rings. The number of anilines is 1. The summed E-state index contributed by atoms with van der Waals surface area (Å²) in [6.07, 6.45) is 2.52. The van der Waals surface area contributed by atoms with Gasteiger partial charge in [-0.25, -0.2) is 9.97 Å². The van der Waals surface area contributed by atoms with Crippen molar-refractivity contribution in [3.8, 4) is 11.5 Å². The van der Waals surface area contributed by atoms with Gasteiger partial charge in [0.15, 0.2) is 11.5 Å². The van der Waals surface area contributed by atoms with Crippen LogP contribution in [0.2, 0.25) is 0 Å². The van der Waals surface area contributed by atoms with Crippen LogP contribution in [0.3, 0.4) is 0 Å². The first kappa shape index (κ1) is 16.3. The Balaban J connectivity index is 0.000000847. The Labute approximate surface area is 129 Å². The second kappa shape index (κ2) is 7.77. The second-order valence-electron chi connectivity index (χ2n) is 4.62. The van der Waals surface area contributed by atoms with Gasteiger partial charge in [0.2, 0.25) is 0 Å². The number of aliphatic hydroxyl groups excluding tert-OH is 1. The summed E-state index contributed by atoms with van der Waals surface area (Å²) >= 11 is 0. The molecule has 120 valence electrons. The molecule has 7 heteroatoms. The first-order chi connectivity index (χ1) is 10.8. The molecule has 2 heterocycles. The number of rotatable bonds is 4. The number of methoxy groups -OCH3 is 2. The molecule has 2 N–H and O–H groups in total. The van der Waals surface area contributed by atoms with E-state index in [0.717, 1.165) is 36.9 Å². The Bertz CT molecular complexity index is 615. The molecule has 2 aromatic rings.